The van der Waals surface area contributed by atoms with Crippen LogP contribution in [0.5, 0.6) is 0 Å². The van der Waals surface area contributed by atoms with Gasteiger partial charge in [0.25, 0.3) is 0 Å². The Labute approximate surface area is 247 Å². The lowest BCUT2D eigenvalue weighted by atomic mass is 9.71. The molecule has 0 spiro atoms. The second kappa shape index (κ2) is 29.0. The molecule has 0 rings (SSSR count). The van der Waals surface area contributed by atoms with Crippen LogP contribution in [-0.4, -0.2) is 11.1 Å². The maximum absolute atomic E-state index is 12.7. The van der Waals surface area contributed by atoms with Crippen LogP contribution in [0.3, 0.4) is 0 Å². The van der Waals surface area contributed by atoms with E-state index >= 15 is 0 Å². The molecule has 0 radical (unpaired) electrons. The summed E-state index contributed by atoms with van der Waals surface area (Å²) in [6.45, 7) is 9.13. The van der Waals surface area contributed by atoms with E-state index in [0.29, 0.717) is 5.92 Å². The van der Waals surface area contributed by atoms with Crippen molar-refractivity contribution in [2.75, 3.05) is 0 Å². The van der Waals surface area contributed by atoms with Crippen molar-refractivity contribution in [3.05, 3.63) is 0 Å². The van der Waals surface area contributed by atoms with Gasteiger partial charge in [-0.25, -0.2) is 0 Å². The molecule has 2 unspecified atom stereocenters. The maximum atomic E-state index is 12.7. The van der Waals surface area contributed by atoms with E-state index in [1.807, 2.05) is 0 Å². The molecule has 2 heteroatoms. The average molecular weight is 551 g/mol. The molecule has 2 nitrogen and oxygen atoms in total. The van der Waals surface area contributed by atoms with Crippen molar-refractivity contribution in [3.8, 4) is 0 Å². The van der Waals surface area contributed by atoms with Crippen LogP contribution in [0.2, 0.25) is 0 Å². The van der Waals surface area contributed by atoms with Crippen molar-refractivity contribution >= 4 is 5.97 Å². The van der Waals surface area contributed by atoms with Crippen molar-refractivity contribution < 1.29 is 9.90 Å². The summed E-state index contributed by atoms with van der Waals surface area (Å²) in [7, 11) is 0. The van der Waals surface area contributed by atoms with Gasteiger partial charge in [0.1, 0.15) is 0 Å². The van der Waals surface area contributed by atoms with Crippen molar-refractivity contribution in [2.45, 2.75) is 220 Å². The minimum Gasteiger partial charge on any atom is -0.481 e. The molecule has 234 valence electrons. The monoisotopic (exact) mass is 551 g/mol. The molecule has 0 fully saturated rings. The number of rotatable bonds is 32. The van der Waals surface area contributed by atoms with Crippen LogP contribution in [0, 0.1) is 11.3 Å². The molecule has 1 N–H and O–H groups in total. The summed E-state index contributed by atoms with van der Waals surface area (Å²) in [5.74, 6) is 0.0225. The average Bonchev–Trinajstić information content (AvgIpc) is 2.92. The fraction of sp³-hybridized carbons (Fsp3) is 0.973. The Hall–Kier alpha value is -0.530. The molecule has 0 heterocycles. The topological polar surface area (TPSA) is 37.3 Å². The van der Waals surface area contributed by atoms with E-state index in [2.05, 4.69) is 27.7 Å². The van der Waals surface area contributed by atoms with Crippen LogP contribution in [0.25, 0.3) is 0 Å². The van der Waals surface area contributed by atoms with E-state index in [9.17, 15) is 9.90 Å². The van der Waals surface area contributed by atoms with Crippen LogP contribution in [0.4, 0.5) is 0 Å². The molecule has 0 aromatic heterocycles. The highest BCUT2D eigenvalue weighted by Gasteiger charge is 2.38. The summed E-state index contributed by atoms with van der Waals surface area (Å²) in [4.78, 5) is 12.7. The van der Waals surface area contributed by atoms with Gasteiger partial charge in [-0.3, -0.25) is 4.79 Å². The first-order chi connectivity index (χ1) is 19.0. The van der Waals surface area contributed by atoms with E-state index in [0.717, 1.165) is 32.1 Å². The third kappa shape index (κ3) is 23.8. The first-order valence-electron chi connectivity index (χ1n) is 18.3. The first-order valence-corrected chi connectivity index (χ1v) is 18.3. The molecule has 0 bridgehead atoms. The van der Waals surface area contributed by atoms with Gasteiger partial charge in [0, 0.05) is 0 Å². The molecule has 0 aromatic rings. The molecule has 0 amide bonds. The van der Waals surface area contributed by atoms with Crippen LogP contribution in [0.15, 0.2) is 0 Å². The molecule has 0 aliphatic rings. The lowest BCUT2D eigenvalue weighted by Crippen LogP contribution is -2.33. The van der Waals surface area contributed by atoms with Gasteiger partial charge >= 0.3 is 5.97 Å². The highest BCUT2D eigenvalue weighted by molar-refractivity contribution is 5.74. The quantitative estimate of drug-likeness (QED) is 0.0845. The highest BCUT2D eigenvalue weighted by atomic mass is 16.4. The number of carboxylic acids is 1. The first kappa shape index (κ1) is 38.5. The molecular formula is C37H74O2. The zero-order valence-electron chi connectivity index (χ0n) is 27.6. The van der Waals surface area contributed by atoms with Gasteiger partial charge in [-0.2, -0.15) is 0 Å². The Kier molecular flexibility index (Phi) is 28.6. The van der Waals surface area contributed by atoms with Crippen molar-refractivity contribution in [3.63, 3.8) is 0 Å². The fourth-order valence-corrected chi connectivity index (χ4v) is 6.57. The summed E-state index contributed by atoms with van der Waals surface area (Å²) in [6.07, 6.45) is 38.5. The molecule has 39 heavy (non-hydrogen) atoms. The Bertz CT molecular complexity index is 502. The maximum Gasteiger partial charge on any atom is 0.309 e. The van der Waals surface area contributed by atoms with Gasteiger partial charge in [0.15, 0.2) is 0 Å². The summed E-state index contributed by atoms with van der Waals surface area (Å²) in [5, 5.41) is 10.4. The molecule has 0 aromatic carbocycles. The predicted molar refractivity (Wildman–Crippen MR) is 175 cm³/mol. The second-order valence-corrected chi connectivity index (χ2v) is 13.3. The lowest BCUT2D eigenvalue weighted by molar-refractivity contribution is -0.151. The molecule has 0 saturated carbocycles. The van der Waals surface area contributed by atoms with Crippen LogP contribution in [-0.2, 0) is 4.79 Å². The smallest absolute Gasteiger partial charge is 0.309 e. The highest BCUT2D eigenvalue weighted by Crippen LogP contribution is 2.40. The van der Waals surface area contributed by atoms with Gasteiger partial charge in [-0.1, -0.05) is 201 Å². The summed E-state index contributed by atoms with van der Waals surface area (Å²) < 4.78 is 0. The minimum absolute atomic E-state index is 0.481. The van der Waals surface area contributed by atoms with E-state index in [1.54, 1.807) is 0 Å². The Balaban J connectivity index is 4.19. The largest absolute Gasteiger partial charge is 0.481 e. The number of hydrogen-bond donors (Lipinski definition) is 1. The zero-order valence-corrected chi connectivity index (χ0v) is 27.6. The number of hydrogen-bond acceptors (Lipinski definition) is 1. The van der Waals surface area contributed by atoms with E-state index in [1.165, 1.54) is 161 Å². The third-order valence-corrected chi connectivity index (χ3v) is 9.26. The van der Waals surface area contributed by atoms with Gasteiger partial charge in [0.05, 0.1) is 5.41 Å². The Morgan fingerprint density at radius 3 is 1.10 bits per heavy atom. The third-order valence-electron chi connectivity index (χ3n) is 9.26. The number of unbranched alkanes of at least 4 members (excludes halogenated alkanes) is 23. The standard InChI is InChI=1S/C37H74O2/c1-5-8-11-14-16-17-18-19-20-21-22-23-24-25-27-30-33-37(36(38)39,32-29-13-10-7-3)34-35(4)31-28-26-15-12-9-6-2/h35H,5-34H2,1-4H3,(H,38,39). The van der Waals surface area contributed by atoms with Crippen molar-refractivity contribution in [2.24, 2.45) is 11.3 Å². The second-order valence-electron chi connectivity index (χ2n) is 13.3. The summed E-state index contributed by atoms with van der Waals surface area (Å²) in [6, 6.07) is 0. The van der Waals surface area contributed by atoms with E-state index in [4.69, 9.17) is 0 Å². The Morgan fingerprint density at radius 1 is 0.487 bits per heavy atom. The number of carboxylic acid groups (broad SMARTS) is 1. The van der Waals surface area contributed by atoms with Crippen molar-refractivity contribution in [1.82, 2.24) is 0 Å². The van der Waals surface area contributed by atoms with Gasteiger partial charge in [0.2, 0.25) is 0 Å². The fourth-order valence-electron chi connectivity index (χ4n) is 6.57. The molecular weight excluding hydrogens is 476 g/mol. The molecule has 2 atom stereocenters. The Morgan fingerprint density at radius 2 is 0.769 bits per heavy atom. The predicted octanol–water partition coefficient (Wildman–Crippen LogP) is 13.5. The normalized spacial score (nSPS) is 13.9. The van der Waals surface area contributed by atoms with Gasteiger partial charge < -0.3 is 5.11 Å². The zero-order chi connectivity index (χ0) is 28.9. The van der Waals surface area contributed by atoms with Crippen LogP contribution < -0.4 is 0 Å². The summed E-state index contributed by atoms with van der Waals surface area (Å²) >= 11 is 0. The van der Waals surface area contributed by atoms with Gasteiger partial charge in [-0.15, -0.1) is 0 Å². The minimum atomic E-state index is -0.505. The van der Waals surface area contributed by atoms with Crippen molar-refractivity contribution in [1.29, 1.82) is 0 Å². The van der Waals surface area contributed by atoms with E-state index in [-0.39, 0.29) is 0 Å². The molecule has 0 aliphatic heterocycles. The van der Waals surface area contributed by atoms with Gasteiger partial charge in [-0.05, 0) is 25.2 Å². The van der Waals surface area contributed by atoms with Crippen LogP contribution in [0.1, 0.15) is 220 Å². The molecule has 0 aliphatic carbocycles. The van der Waals surface area contributed by atoms with Crippen LogP contribution >= 0.6 is 0 Å². The summed E-state index contributed by atoms with van der Waals surface area (Å²) in [5.41, 5.74) is -0.481. The number of aliphatic carboxylic acids is 1. The van der Waals surface area contributed by atoms with E-state index < -0.39 is 11.4 Å². The number of carbonyl (C=O) groups is 1. The lowest BCUT2D eigenvalue weighted by Gasteiger charge is -2.32. The SMILES string of the molecule is CCCCCCCCCCCCCCCCCCC(CCCCCC)(CC(C)CCCCCCCC)C(=O)O. The molecule has 0 saturated heterocycles.